The van der Waals surface area contributed by atoms with Gasteiger partial charge in [0, 0.05) is 18.1 Å². The lowest BCUT2D eigenvalue weighted by Gasteiger charge is -2.31. The van der Waals surface area contributed by atoms with Crippen molar-refractivity contribution in [3.05, 3.63) is 71.3 Å². The molecule has 0 aromatic heterocycles. The number of hydrogen-bond donors (Lipinski definition) is 5. The number of ether oxygens (including phenoxy) is 2. The van der Waals surface area contributed by atoms with Gasteiger partial charge in [-0.3, -0.25) is 0 Å². The molecule has 0 fully saturated rings. The van der Waals surface area contributed by atoms with Crippen molar-refractivity contribution in [2.45, 2.75) is 24.7 Å². The molecule has 1 aliphatic rings. The molecule has 172 valence electrons. The van der Waals surface area contributed by atoms with Crippen molar-refractivity contribution in [1.82, 2.24) is 0 Å². The van der Waals surface area contributed by atoms with E-state index in [0.29, 0.717) is 0 Å². The lowest BCUT2D eigenvalue weighted by Crippen LogP contribution is -2.45. The van der Waals surface area contributed by atoms with Crippen LogP contribution in [0.5, 0.6) is 17.2 Å². The predicted octanol–water partition coefficient (Wildman–Crippen LogP) is 1.73. The number of aromatic hydroxyl groups is 3. The molecule has 0 aliphatic heterocycles. The molecule has 0 heterocycles. The van der Waals surface area contributed by atoms with Crippen LogP contribution in [0.25, 0.3) is 6.08 Å². The molecule has 0 spiro atoms. The second-order valence-corrected chi connectivity index (χ2v) is 7.14. The summed E-state index contributed by atoms with van der Waals surface area (Å²) in [5, 5.41) is 48.4. The molecule has 5 N–H and O–H groups in total. The number of aliphatic hydroxyl groups excluding tert-OH is 1. The summed E-state index contributed by atoms with van der Waals surface area (Å²) < 4.78 is 10.3. The first-order valence-electron chi connectivity index (χ1n) is 9.67. The Hall–Kier alpha value is -4.31. The van der Waals surface area contributed by atoms with Crippen LogP contribution in [0.3, 0.4) is 0 Å². The molecular formula is C23H20O10. The molecule has 10 nitrogen and oxygen atoms in total. The van der Waals surface area contributed by atoms with Crippen LogP contribution in [0, 0.1) is 0 Å². The molecule has 3 rings (SSSR count). The highest BCUT2D eigenvalue weighted by Crippen LogP contribution is 2.36. The number of carboxylic acid groups (broad SMARTS) is 1. The smallest absolute Gasteiger partial charge is 0.339 e. The molecule has 0 bridgehead atoms. The van der Waals surface area contributed by atoms with Crippen molar-refractivity contribution in [1.29, 1.82) is 0 Å². The minimum Gasteiger partial charge on any atom is -0.504 e. The van der Waals surface area contributed by atoms with Gasteiger partial charge in [-0.1, -0.05) is 30.3 Å². The number of aliphatic hydroxyl groups is 1. The van der Waals surface area contributed by atoms with E-state index in [2.05, 4.69) is 0 Å². The maximum atomic E-state index is 12.4. The number of carbonyl (C=O) groups excluding carboxylic acids is 2. The molecule has 1 aliphatic carbocycles. The summed E-state index contributed by atoms with van der Waals surface area (Å²) in [5.74, 6) is -5.75. The largest absolute Gasteiger partial charge is 0.504 e. The van der Waals surface area contributed by atoms with Gasteiger partial charge in [-0.2, -0.15) is 0 Å². The number of esters is 2. The van der Waals surface area contributed by atoms with Gasteiger partial charge in [0.15, 0.2) is 23.4 Å². The number of carbonyl (C=O) groups is 3. The van der Waals surface area contributed by atoms with Gasteiger partial charge in [-0.25, -0.2) is 14.4 Å². The molecule has 33 heavy (non-hydrogen) atoms. The van der Waals surface area contributed by atoms with E-state index in [1.807, 2.05) is 0 Å². The van der Waals surface area contributed by atoms with E-state index in [-0.39, 0.29) is 17.6 Å². The lowest BCUT2D eigenvalue weighted by molar-refractivity contribution is -0.154. The Bertz CT molecular complexity index is 1100. The maximum absolute atomic E-state index is 12.4. The van der Waals surface area contributed by atoms with Crippen LogP contribution in [0.1, 0.15) is 22.3 Å². The van der Waals surface area contributed by atoms with Crippen LogP contribution < -0.4 is 0 Å². The molecule has 2 aromatic rings. The SMILES string of the molecule is O=C(/C=C/c1ccccc1)OC1CC(C(=O)O)=CC(OC(=O)c2cc(O)c(O)c(O)c2)C1O. The van der Waals surface area contributed by atoms with Gasteiger partial charge in [0.1, 0.15) is 12.2 Å². The highest BCUT2D eigenvalue weighted by atomic mass is 16.6. The van der Waals surface area contributed by atoms with Crippen LogP contribution in [0.15, 0.2) is 60.2 Å². The van der Waals surface area contributed by atoms with Gasteiger partial charge >= 0.3 is 17.9 Å². The molecule has 2 aromatic carbocycles. The Morgan fingerprint density at radius 3 is 2.21 bits per heavy atom. The molecule has 0 amide bonds. The number of rotatable bonds is 6. The van der Waals surface area contributed by atoms with Crippen molar-refractivity contribution >= 4 is 24.0 Å². The Kier molecular flexibility index (Phi) is 6.99. The van der Waals surface area contributed by atoms with Crippen molar-refractivity contribution in [3.63, 3.8) is 0 Å². The van der Waals surface area contributed by atoms with E-state index >= 15 is 0 Å². The topological polar surface area (TPSA) is 171 Å². The standard InChI is InChI=1S/C23H20O10/c24-15-8-14(9-16(25)20(15)27)23(31)33-18-11-13(22(29)30)10-17(21(18)28)32-19(26)7-6-12-4-2-1-3-5-12/h1-9,11,17-18,21,24-25,27-28H,10H2,(H,29,30)/b7-6+. The maximum Gasteiger partial charge on any atom is 0.339 e. The first kappa shape index (κ1) is 23.4. The Morgan fingerprint density at radius 2 is 1.61 bits per heavy atom. The number of phenols is 3. The first-order chi connectivity index (χ1) is 15.7. The molecule has 3 unspecified atom stereocenters. The van der Waals surface area contributed by atoms with Gasteiger partial charge in [0.25, 0.3) is 0 Å². The van der Waals surface area contributed by atoms with Gasteiger partial charge in [-0.15, -0.1) is 0 Å². The van der Waals surface area contributed by atoms with E-state index in [4.69, 9.17) is 9.47 Å². The van der Waals surface area contributed by atoms with Gasteiger partial charge in [0.2, 0.25) is 0 Å². The second-order valence-electron chi connectivity index (χ2n) is 7.14. The van der Waals surface area contributed by atoms with E-state index < -0.39 is 53.5 Å². The van der Waals surface area contributed by atoms with Crippen molar-refractivity contribution in [2.75, 3.05) is 0 Å². The third-order valence-corrected chi connectivity index (χ3v) is 4.81. The number of hydrogen-bond acceptors (Lipinski definition) is 9. The van der Waals surface area contributed by atoms with E-state index in [0.717, 1.165) is 29.8 Å². The molecule has 0 radical (unpaired) electrons. The molecule has 0 saturated heterocycles. The number of benzene rings is 2. The Labute approximate surface area is 187 Å². The Morgan fingerprint density at radius 1 is 0.970 bits per heavy atom. The zero-order valence-corrected chi connectivity index (χ0v) is 17.0. The van der Waals surface area contributed by atoms with Crippen LogP contribution >= 0.6 is 0 Å². The van der Waals surface area contributed by atoms with E-state index in [1.54, 1.807) is 30.3 Å². The van der Waals surface area contributed by atoms with Gasteiger partial charge < -0.3 is 35.0 Å². The molecule has 3 atom stereocenters. The normalized spacial score (nSPS) is 20.2. The van der Waals surface area contributed by atoms with Crippen molar-refractivity contribution in [3.8, 4) is 17.2 Å². The summed E-state index contributed by atoms with van der Waals surface area (Å²) in [5.41, 5.74) is 0.0986. The van der Waals surface area contributed by atoms with Crippen LogP contribution in [0.2, 0.25) is 0 Å². The van der Waals surface area contributed by atoms with Crippen molar-refractivity contribution in [2.24, 2.45) is 0 Å². The van der Waals surface area contributed by atoms with E-state index in [1.165, 1.54) is 6.08 Å². The van der Waals surface area contributed by atoms with E-state index in [9.17, 15) is 39.9 Å². The van der Waals surface area contributed by atoms with Crippen LogP contribution in [-0.2, 0) is 19.1 Å². The highest BCUT2D eigenvalue weighted by molar-refractivity contribution is 5.92. The summed E-state index contributed by atoms with van der Waals surface area (Å²) in [6.45, 7) is 0. The zero-order valence-electron chi connectivity index (χ0n) is 17.0. The van der Waals surface area contributed by atoms with Crippen molar-refractivity contribution < 1.29 is 49.4 Å². The average molecular weight is 456 g/mol. The summed E-state index contributed by atoms with van der Waals surface area (Å²) in [7, 11) is 0. The third kappa shape index (κ3) is 5.69. The molecule has 0 saturated carbocycles. The number of aliphatic carboxylic acids is 1. The van der Waals surface area contributed by atoms with Crippen LogP contribution in [-0.4, -0.2) is 61.8 Å². The molecular weight excluding hydrogens is 436 g/mol. The summed E-state index contributed by atoms with van der Waals surface area (Å²) in [6.07, 6.45) is -1.15. The van der Waals surface area contributed by atoms with Gasteiger partial charge in [0.05, 0.1) is 5.56 Å². The van der Waals surface area contributed by atoms with Gasteiger partial charge in [-0.05, 0) is 29.8 Å². The highest BCUT2D eigenvalue weighted by Gasteiger charge is 2.38. The number of carboxylic acids is 1. The predicted molar refractivity (Wildman–Crippen MR) is 112 cm³/mol. The summed E-state index contributed by atoms with van der Waals surface area (Å²) in [4.78, 5) is 36.1. The fourth-order valence-electron chi connectivity index (χ4n) is 3.12. The first-order valence-corrected chi connectivity index (χ1v) is 9.67. The third-order valence-electron chi connectivity index (χ3n) is 4.81. The fraction of sp³-hybridized carbons (Fsp3) is 0.174. The quantitative estimate of drug-likeness (QED) is 0.245. The monoisotopic (exact) mass is 456 g/mol. The zero-order chi connectivity index (χ0) is 24.1. The second kappa shape index (κ2) is 9.88. The summed E-state index contributed by atoms with van der Waals surface area (Å²) in [6, 6.07) is 10.5. The minimum atomic E-state index is -1.59. The minimum absolute atomic E-state index is 0.251. The summed E-state index contributed by atoms with van der Waals surface area (Å²) >= 11 is 0. The average Bonchev–Trinajstić information content (AvgIpc) is 2.78. The Balaban J connectivity index is 1.75. The fourth-order valence-corrected chi connectivity index (χ4v) is 3.12. The van der Waals surface area contributed by atoms with Crippen LogP contribution in [0.4, 0.5) is 0 Å². The number of phenolic OH excluding ortho intramolecular Hbond substituents is 3. The lowest BCUT2D eigenvalue weighted by atomic mass is 9.92. The molecule has 10 heteroatoms.